The SMILES string of the molecule is CC(=O)Nc1cc(-c2c(-c3ccc(F)cc3)[nH]c(=S)n2CCN(C)C)ccn1. The second-order valence-electron chi connectivity index (χ2n) is 6.73. The molecule has 146 valence electrons. The second kappa shape index (κ2) is 8.45. The molecule has 0 aliphatic heterocycles. The van der Waals surface area contributed by atoms with Gasteiger partial charge in [0, 0.05) is 37.3 Å². The predicted molar refractivity (Wildman–Crippen MR) is 111 cm³/mol. The predicted octanol–water partition coefficient (Wildman–Crippen LogP) is 3.93. The topological polar surface area (TPSA) is 66.0 Å². The number of aromatic nitrogens is 3. The Hall–Kier alpha value is -2.84. The van der Waals surface area contributed by atoms with E-state index in [2.05, 4.69) is 20.2 Å². The van der Waals surface area contributed by atoms with E-state index in [0.717, 1.165) is 29.1 Å². The van der Waals surface area contributed by atoms with Gasteiger partial charge in [-0.3, -0.25) is 4.79 Å². The monoisotopic (exact) mass is 399 g/mol. The molecule has 1 aromatic carbocycles. The van der Waals surface area contributed by atoms with Crippen molar-refractivity contribution in [3.63, 3.8) is 0 Å². The van der Waals surface area contributed by atoms with Gasteiger partial charge in [-0.05, 0) is 62.7 Å². The third-order valence-corrected chi connectivity index (χ3v) is 4.55. The van der Waals surface area contributed by atoms with E-state index in [1.54, 1.807) is 24.4 Å². The minimum Gasteiger partial charge on any atom is -0.330 e. The lowest BCUT2D eigenvalue weighted by Gasteiger charge is -2.14. The first kappa shape index (κ1) is 19.9. The molecule has 0 aliphatic rings. The van der Waals surface area contributed by atoms with Gasteiger partial charge in [0.25, 0.3) is 0 Å². The van der Waals surface area contributed by atoms with Crippen LogP contribution in [0, 0.1) is 10.6 Å². The number of aromatic amines is 1. The van der Waals surface area contributed by atoms with E-state index in [-0.39, 0.29) is 11.7 Å². The van der Waals surface area contributed by atoms with Gasteiger partial charge in [-0.15, -0.1) is 0 Å². The highest BCUT2D eigenvalue weighted by atomic mass is 32.1. The summed E-state index contributed by atoms with van der Waals surface area (Å²) in [6, 6.07) is 9.93. The summed E-state index contributed by atoms with van der Waals surface area (Å²) in [5.74, 6) is -0.0314. The van der Waals surface area contributed by atoms with Crippen LogP contribution in [0.15, 0.2) is 42.6 Å². The number of amides is 1. The van der Waals surface area contributed by atoms with Crippen molar-refractivity contribution in [2.45, 2.75) is 13.5 Å². The molecule has 8 heteroatoms. The minimum atomic E-state index is -0.298. The molecule has 0 unspecified atom stereocenters. The van der Waals surface area contributed by atoms with Crippen molar-refractivity contribution < 1.29 is 9.18 Å². The van der Waals surface area contributed by atoms with Crippen molar-refractivity contribution in [1.82, 2.24) is 19.4 Å². The number of rotatable bonds is 6. The summed E-state index contributed by atoms with van der Waals surface area (Å²) in [6.07, 6.45) is 1.64. The number of hydrogen-bond donors (Lipinski definition) is 2. The summed E-state index contributed by atoms with van der Waals surface area (Å²) in [6.45, 7) is 2.91. The molecule has 2 aromatic heterocycles. The van der Waals surface area contributed by atoms with Crippen molar-refractivity contribution in [3.05, 3.63) is 53.2 Å². The summed E-state index contributed by atoms with van der Waals surface area (Å²) in [7, 11) is 4.00. The van der Waals surface area contributed by atoms with Gasteiger partial charge in [-0.2, -0.15) is 0 Å². The Kier molecular flexibility index (Phi) is 6.01. The third kappa shape index (κ3) is 4.52. The van der Waals surface area contributed by atoms with Crippen LogP contribution in [0.5, 0.6) is 0 Å². The molecule has 28 heavy (non-hydrogen) atoms. The Morgan fingerprint density at radius 2 is 1.96 bits per heavy atom. The summed E-state index contributed by atoms with van der Waals surface area (Å²) in [5, 5.41) is 2.70. The van der Waals surface area contributed by atoms with E-state index in [0.29, 0.717) is 17.1 Å². The zero-order valence-corrected chi connectivity index (χ0v) is 16.8. The number of halogens is 1. The molecular formula is C20H22FN5OS. The van der Waals surface area contributed by atoms with Crippen LogP contribution < -0.4 is 5.32 Å². The fourth-order valence-electron chi connectivity index (χ4n) is 2.94. The average Bonchev–Trinajstić information content (AvgIpc) is 2.96. The Balaban J connectivity index is 2.17. The molecule has 0 aliphatic carbocycles. The summed E-state index contributed by atoms with van der Waals surface area (Å²) >= 11 is 5.57. The first-order valence-electron chi connectivity index (χ1n) is 8.82. The van der Waals surface area contributed by atoms with E-state index in [1.165, 1.54) is 19.1 Å². The van der Waals surface area contributed by atoms with E-state index < -0.39 is 0 Å². The molecule has 3 rings (SSSR count). The largest absolute Gasteiger partial charge is 0.330 e. The number of imidazole rings is 1. The van der Waals surface area contributed by atoms with Gasteiger partial charge in [0.05, 0.1) is 11.4 Å². The number of nitrogens with zero attached hydrogens (tertiary/aromatic N) is 3. The number of benzene rings is 1. The van der Waals surface area contributed by atoms with Gasteiger partial charge in [0.2, 0.25) is 5.91 Å². The van der Waals surface area contributed by atoms with Gasteiger partial charge >= 0.3 is 0 Å². The molecule has 3 aromatic rings. The number of nitrogens with one attached hydrogen (secondary N) is 2. The van der Waals surface area contributed by atoms with Crippen LogP contribution in [0.3, 0.4) is 0 Å². The van der Waals surface area contributed by atoms with Crippen LogP contribution in [0.4, 0.5) is 10.2 Å². The highest BCUT2D eigenvalue weighted by Crippen LogP contribution is 2.33. The molecule has 0 fully saturated rings. The second-order valence-corrected chi connectivity index (χ2v) is 7.11. The maximum absolute atomic E-state index is 13.4. The molecular weight excluding hydrogens is 377 g/mol. The van der Waals surface area contributed by atoms with Crippen LogP contribution in [-0.4, -0.2) is 46.0 Å². The Bertz CT molecular complexity index is 1040. The number of pyridine rings is 1. The van der Waals surface area contributed by atoms with Crippen molar-refractivity contribution in [3.8, 4) is 22.5 Å². The molecule has 0 atom stereocenters. The van der Waals surface area contributed by atoms with Gasteiger partial charge in [0.1, 0.15) is 11.6 Å². The average molecular weight is 399 g/mol. The Morgan fingerprint density at radius 1 is 1.25 bits per heavy atom. The van der Waals surface area contributed by atoms with E-state index in [4.69, 9.17) is 12.2 Å². The van der Waals surface area contributed by atoms with Gasteiger partial charge in [-0.1, -0.05) is 0 Å². The lowest BCUT2D eigenvalue weighted by Crippen LogP contribution is -2.19. The van der Waals surface area contributed by atoms with Gasteiger partial charge < -0.3 is 19.8 Å². The molecule has 6 nitrogen and oxygen atoms in total. The first-order valence-corrected chi connectivity index (χ1v) is 9.23. The molecule has 2 heterocycles. The molecule has 0 radical (unpaired) electrons. The number of likely N-dealkylation sites (N-methyl/N-ethyl adjacent to an activating group) is 1. The zero-order chi connectivity index (χ0) is 20.3. The number of carbonyl (C=O) groups excluding carboxylic acids is 1. The van der Waals surface area contributed by atoms with E-state index >= 15 is 0 Å². The molecule has 0 bridgehead atoms. The molecule has 0 saturated carbocycles. The van der Waals surface area contributed by atoms with Crippen molar-refractivity contribution in [2.24, 2.45) is 0 Å². The summed E-state index contributed by atoms with van der Waals surface area (Å²) in [4.78, 5) is 20.9. The molecule has 1 amide bonds. The lowest BCUT2D eigenvalue weighted by atomic mass is 10.1. The maximum Gasteiger partial charge on any atom is 0.222 e. The number of hydrogen-bond acceptors (Lipinski definition) is 4. The first-order chi connectivity index (χ1) is 13.3. The maximum atomic E-state index is 13.4. The third-order valence-electron chi connectivity index (χ3n) is 4.22. The van der Waals surface area contributed by atoms with Crippen LogP contribution in [0.25, 0.3) is 22.5 Å². The molecule has 0 saturated heterocycles. The number of anilines is 1. The summed E-state index contributed by atoms with van der Waals surface area (Å²) in [5.41, 5.74) is 3.34. The van der Waals surface area contributed by atoms with Crippen LogP contribution >= 0.6 is 12.2 Å². The van der Waals surface area contributed by atoms with Crippen LogP contribution in [0.1, 0.15) is 6.92 Å². The zero-order valence-electron chi connectivity index (χ0n) is 16.0. The highest BCUT2D eigenvalue weighted by Gasteiger charge is 2.17. The van der Waals surface area contributed by atoms with E-state index in [9.17, 15) is 9.18 Å². The van der Waals surface area contributed by atoms with Gasteiger partial charge in [-0.25, -0.2) is 9.37 Å². The minimum absolute atomic E-state index is 0.193. The molecule has 2 N–H and O–H groups in total. The quantitative estimate of drug-likeness (QED) is 0.617. The van der Waals surface area contributed by atoms with Crippen molar-refractivity contribution >= 4 is 23.9 Å². The Morgan fingerprint density at radius 3 is 2.61 bits per heavy atom. The van der Waals surface area contributed by atoms with Gasteiger partial charge in [0.15, 0.2) is 4.77 Å². The summed E-state index contributed by atoms with van der Waals surface area (Å²) < 4.78 is 16.0. The van der Waals surface area contributed by atoms with Crippen LogP contribution in [0.2, 0.25) is 0 Å². The van der Waals surface area contributed by atoms with Crippen molar-refractivity contribution in [1.29, 1.82) is 0 Å². The standard InChI is InChI=1S/C20H22FN5OS/c1-13(27)23-17-12-15(8-9-22-17)19-18(14-4-6-16(21)7-5-14)24-20(28)26(19)11-10-25(2)3/h4-9,12H,10-11H2,1-3H3,(H,24,28)(H,22,23,27). The lowest BCUT2D eigenvalue weighted by molar-refractivity contribution is -0.114. The fourth-order valence-corrected chi connectivity index (χ4v) is 3.22. The fraction of sp³-hybridized carbons (Fsp3) is 0.250. The highest BCUT2D eigenvalue weighted by molar-refractivity contribution is 7.71. The Labute approximate surface area is 168 Å². The number of carbonyl (C=O) groups is 1. The van der Waals surface area contributed by atoms with E-state index in [1.807, 2.05) is 24.7 Å². The van der Waals surface area contributed by atoms with Crippen molar-refractivity contribution in [2.75, 3.05) is 26.0 Å². The number of H-pyrrole nitrogens is 1. The smallest absolute Gasteiger partial charge is 0.222 e. The molecule has 0 spiro atoms. The van der Waals surface area contributed by atoms with Crippen LogP contribution in [-0.2, 0) is 11.3 Å². The normalized spacial score (nSPS) is 11.0.